The zero-order valence-corrected chi connectivity index (χ0v) is 10.6. The summed E-state index contributed by atoms with van der Waals surface area (Å²) < 4.78 is 5.40. The van der Waals surface area contributed by atoms with E-state index in [4.69, 9.17) is 4.74 Å². The highest BCUT2D eigenvalue weighted by Gasteiger charge is 2.15. The molecule has 1 aromatic carbocycles. The summed E-state index contributed by atoms with van der Waals surface area (Å²) in [5.41, 5.74) is 1.02. The lowest BCUT2D eigenvalue weighted by Gasteiger charge is -2.07. The van der Waals surface area contributed by atoms with E-state index in [2.05, 4.69) is 4.98 Å². The summed E-state index contributed by atoms with van der Waals surface area (Å²) in [4.78, 5) is 25.2. The highest BCUT2D eigenvalue weighted by Crippen LogP contribution is 2.27. The van der Waals surface area contributed by atoms with Gasteiger partial charge in [-0.2, -0.15) is 0 Å². The first-order valence-corrected chi connectivity index (χ1v) is 5.97. The van der Waals surface area contributed by atoms with Crippen LogP contribution in [-0.4, -0.2) is 22.8 Å². The summed E-state index contributed by atoms with van der Waals surface area (Å²) in [5.74, 6) is 0.0931. The minimum Gasteiger partial charge on any atom is -0.486 e. The van der Waals surface area contributed by atoms with Gasteiger partial charge in [0.2, 0.25) is 0 Å². The number of nitro benzene ring substituents is 1. The Hall–Kier alpha value is -2.76. The van der Waals surface area contributed by atoms with Crippen molar-refractivity contribution in [1.82, 2.24) is 4.98 Å². The van der Waals surface area contributed by atoms with E-state index in [1.807, 2.05) is 18.2 Å². The molecule has 1 heterocycles. The predicted molar refractivity (Wildman–Crippen MR) is 71.9 cm³/mol. The molecule has 2 aromatic rings. The van der Waals surface area contributed by atoms with E-state index in [9.17, 15) is 14.9 Å². The summed E-state index contributed by atoms with van der Waals surface area (Å²) in [5, 5.41) is 10.9. The number of nitro groups is 1. The van der Waals surface area contributed by atoms with Gasteiger partial charge < -0.3 is 4.74 Å². The number of rotatable bonds is 6. The molecule has 0 aliphatic heterocycles. The Labute approximate surface area is 115 Å². The Morgan fingerprint density at radius 3 is 2.80 bits per heavy atom. The predicted octanol–water partition coefficient (Wildman–Crippen LogP) is 2.42. The number of pyridine rings is 1. The number of benzene rings is 1. The summed E-state index contributed by atoms with van der Waals surface area (Å²) in [6.07, 6.45) is 2.82. The Bertz CT molecular complexity index is 614. The molecular formula is C14H12N2O4. The molecule has 20 heavy (non-hydrogen) atoms. The zero-order valence-electron chi connectivity index (χ0n) is 10.6. The molecule has 2 rings (SSSR count). The van der Waals surface area contributed by atoms with Crippen molar-refractivity contribution in [3.8, 4) is 5.75 Å². The zero-order chi connectivity index (χ0) is 14.4. The maximum absolute atomic E-state index is 10.9. The number of ether oxygens (including phenoxy) is 1. The lowest BCUT2D eigenvalue weighted by Crippen LogP contribution is -2.05. The Morgan fingerprint density at radius 2 is 2.15 bits per heavy atom. The van der Waals surface area contributed by atoms with E-state index in [-0.39, 0.29) is 18.0 Å². The highest BCUT2D eigenvalue weighted by molar-refractivity contribution is 5.76. The number of hydrogen-bond acceptors (Lipinski definition) is 5. The van der Waals surface area contributed by atoms with E-state index in [0.717, 1.165) is 5.69 Å². The Morgan fingerprint density at radius 1 is 1.30 bits per heavy atom. The second kappa shape index (κ2) is 6.42. The van der Waals surface area contributed by atoms with Gasteiger partial charge in [-0.15, -0.1) is 0 Å². The summed E-state index contributed by atoms with van der Waals surface area (Å²) in [6, 6.07) is 9.53. The van der Waals surface area contributed by atoms with E-state index in [1.165, 1.54) is 18.2 Å². The van der Waals surface area contributed by atoms with Crippen molar-refractivity contribution in [2.24, 2.45) is 0 Å². The molecule has 0 fully saturated rings. The topological polar surface area (TPSA) is 82.3 Å². The van der Waals surface area contributed by atoms with Gasteiger partial charge in [0, 0.05) is 29.9 Å². The van der Waals surface area contributed by atoms with Crippen LogP contribution < -0.4 is 4.74 Å². The molecule has 6 heteroatoms. The number of carbonyl (C=O) groups excluding carboxylic acids is 1. The first-order chi connectivity index (χ1) is 9.70. The Kier molecular flexibility index (Phi) is 4.39. The number of aromatic nitrogens is 1. The van der Waals surface area contributed by atoms with Crippen LogP contribution >= 0.6 is 0 Å². The first-order valence-electron chi connectivity index (χ1n) is 5.97. The Balaban J connectivity index is 2.07. The maximum Gasteiger partial charge on any atom is 0.310 e. The van der Waals surface area contributed by atoms with Gasteiger partial charge in [-0.3, -0.25) is 19.9 Å². The molecule has 0 saturated carbocycles. The fourth-order valence-corrected chi connectivity index (χ4v) is 1.68. The van der Waals surface area contributed by atoms with Crippen LogP contribution in [0.25, 0.3) is 0 Å². The van der Waals surface area contributed by atoms with Gasteiger partial charge in [0.15, 0.2) is 5.75 Å². The van der Waals surface area contributed by atoms with Gasteiger partial charge in [0.1, 0.15) is 6.29 Å². The first kappa shape index (κ1) is 13.7. The molecule has 0 spiro atoms. The third kappa shape index (κ3) is 3.38. The maximum atomic E-state index is 10.9. The third-order valence-electron chi connectivity index (χ3n) is 2.66. The largest absolute Gasteiger partial charge is 0.486 e. The van der Waals surface area contributed by atoms with Gasteiger partial charge in [-0.05, 0) is 24.3 Å². The molecule has 0 N–H and O–H groups in total. The molecule has 0 aliphatic rings. The standard InChI is InChI=1S/C14H12N2O4/c17-10-11-4-5-13(16(18)19)14(9-11)20-8-6-12-3-1-2-7-15-12/h1-5,7,9-10H,6,8H2. The van der Waals surface area contributed by atoms with Crippen molar-refractivity contribution in [1.29, 1.82) is 0 Å². The van der Waals surface area contributed by atoms with Gasteiger partial charge >= 0.3 is 5.69 Å². The second-order valence-corrected chi connectivity index (χ2v) is 4.02. The minimum absolute atomic E-state index is 0.0931. The average Bonchev–Trinajstić information content (AvgIpc) is 2.48. The molecule has 6 nitrogen and oxygen atoms in total. The summed E-state index contributed by atoms with van der Waals surface area (Å²) >= 11 is 0. The molecule has 0 amide bonds. The van der Waals surface area contributed by atoms with Crippen LogP contribution in [0.5, 0.6) is 5.75 Å². The number of nitrogens with zero attached hydrogens (tertiary/aromatic N) is 2. The van der Waals surface area contributed by atoms with Crippen molar-refractivity contribution in [2.45, 2.75) is 6.42 Å². The van der Waals surface area contributed by atoms with Gasteiger partial charge in [-0.25, -0.2) is 0 Å². The van der Waals surface area contributed by atoms with Gasteiger partial charge in [-0.1, -0.05) is 6.07 Å². The van der Waals surface area contributed by atoms with Crippen LogP contribution in [0.1, 0.15) is 16.1 Å². The lowest BCUT2D eigenvalue weighted by molar-refractivity contribution is -0.385. The van der Waals surface area contributed by atoms with Gasteiger partial charge in [0.05, 0.1) is 11.5 Å². The van der Waals surface area contributed by atoms with Crippen LogP contribution in [0.15, 0.2) is 42.6 Å². The second-order valence-electron chi connectivity index (χ2n) is 4.02. The summed E-state index contributed by atoms with van der Waals surface area (Å²) in [6.45, 7) is 0.250. The SMILES string of the molecule is O=Cc1ccc([N+](=O)[O-])c(OCCc2ccccn2)c1. The molecule has 0 aliphatic carbocycles. The monoisotopic (exact) mass is 272 g/mol. The minimum atomic E-state index is -0.537. The number of hydrogen-bond donors (Lipinski definition) is 0. The molecule has 0 bridgehead atoms. The molecule has 0 unspecified atom stereocenters. The number of aldehydes is 1. The van der Waals surface area contributed by atoms with E-state index < -0.39 is 4.92 Å². The number of carbonyl (C=O) groups is 1. The van der Waals surface area contributed by atoms with Crippen LogP contribution in [-0.2, 0) is 6.42 Å². The fraction of sp³-hybridized carbons (Fsp3) is 0.143. The molecular weight excluding hydrogens is 260 g/mol. The lowest BCUT2D eigenvalue weighted by atomic mass is 10.2. The normalized spacial score (nSPS) is 10.0. The molecule has 1 aromatic heterocycles. The van der Waals surface area contributed by atoms with Crippen LogP contribution in [0.4, 0.5) is 5.69 Å². The smallest absolute Gasteiger partial charge is 0.310 e. The van der Waals surface area contributed by atoms with Crippen molar-refractivity contribution in [3.05, 3.63) is 64.0 Å². The highest BCUT2D eigenvalue weighted by atomic mass is 16.6. The van der Waals surface area contributed by atoms with Crippen molar-refractivity contribution in [3.63, 3.8) is 0 Å². The van der Waals surface area contributed by atoms with Crippen molar-refractivity contribution in [2.75, 3.05) is 6.61 Å². The van der Waals surface area contributed by atoms with Crippen LogP contribution in [0.2, 0.25) is 0 Å². The van der Waals surface area contributed by atoms with Gasteiger partial charge in [0.25, 0.3) is 0 Å². The molecule has 0 saturated heterocycles. The third-order valence-corrected chi connectivity index (χ3v) is 2.66. The van der Waals surface area contributed by atoms with E-state index >= 15 is 0 Å². The van der Waals surface area contributed by atoms with Crippen LogP contribution in [0, 0.1) is 10.1 Å². The fourth-order valence-electron chi connectivity index (χ4n) is 1.68. The van der Waals surface area contributed by atoms with Crippen molar-refractivity contribution >= 4 is 12.0 Å². The van der Waals surface area contributed by atoms with E-state index in [1.54, 1.807) is 6.20 Å². The van der Waals surface area contributed by atoms with E-state index in [0.29, 0.717) is 18.3 Å². The van der Waals surface area contributed by atoms with Crippen LogP contribution in [0.3, 0.4) is 0 Å². The average molecular weight is 272 g/mol. The molecule has 102 valence electrons. The van der Waals surface area contributed by atoms with Crippen molar-refractivity contribution < 1.29 is 14.5 Å². The molecule has 0 radical (unpaired) electrons. The quantitative estimate of drug-likeness (QED) is 0.458. The summed E-state index contributed by atoms with van der Waals surface area (Å²) in [7, 11) is 0. The molecule has 0 atom stereocenters.